The molecule has 1 atom stereocenters. The van der Waals surface area contributed by atoms with Gasteiger partial charge in [0.05, 0.1) is 71.7 Å². The first-order valence-corrected chi connectivity index (χ1v) is 14.1. The summed E-state index contributed by atoms with van der Waals surface area (Å²) in [6, 6.07) is 34.5. The predicted molar refractivity (Wildman–Crippen MR) is 164 cm³/mol. The number of H-pyrrole nitrogens is 1. The molecule has 3 aromatic heterocycles. The highest BCUT2D eigenvalue weighted by Crippen LogP contribution is 2.30. The fourth-order valence-electron chi connectivity index (χ4n) is 5.65. The van der Waals surface area contributed by atoms with Crippen molar-refractivity contribution in [3.05, 3.63) is 149 Å². The van der Waals surface area contributed by atoms with Crippen LogP contribution in [0.1, 0.15) is 45.3 Å². The van der Waals surface area contributed by atoms with Crippen LogP contribution in [0.25, 0.3) is 21.8 Å². The lowest BCUT2D eigenvalue weighted by atomic mass is 9.89. The van der Waals surface area contributed by atoms with Crippen molar-refractivity contribution in [2.75, 3.05) is 0 Å². The molecular weight excluding hydrogens is 532 g/mol. The summed E-state index contributed by atoms with van der Waals surface area (Å²) in [5.74, 6) is 0.716. The summed E-state index contributed by atoms with van der Waals surface area (Å²) < 4.78 is 3.90. The van der Waals surface area contributed by atoms with E-state index in [0.29, 0.717) is 30.6 Å². The number of para-hydroxylation sites is 2. The number of nitrogens with zero attached hydrogens (tertiary/aromatic N) is 7. The molecule has 7 aromatic rings. The van der Waals surface area contributed by atoms with Crippen LogP contribution in [0, 0.1) is 22.7 Å². The minimum atomic E-state index is -0.114. The number of hydrogen-bond donors (Lipinski definition) is 1. The molecule has 1 unspecified atom stereocenters. The van der Waals surface area contributed by atoms with Gasteiger partial charge in [0, 0.05) is 16.7 Å². The highest BCUT2D eigenvalue weighted by atomic mass is 15.3. The topological polar surface area (TPSA) is 112 Å². The van der Waals surface area contributed by atoms with Gasteiger partial charge in [-0.1, -0.05) is 60.7 Å². The molecule has 7 rings (SSSR count). The molecule has 0 radical (unpaired) electrons. The number of fused-ring (bicyclic) bond motifs is 2. The van der Waals surface area contributed by atoms with Gasteiger partial charge < -0.3 is 4.98 Å². The molecule has 0 aliphatic heterocycles. The Kier molecular flexibility index (Phi) is 6.71. The van der Waals surface area contributed by atoms with Gasteiger partial charge in [-0.25, -0.2) is 4.98 Å². The summed E-state index contributed by atoms with van der Waals surface area (Å²) in [5, 5.41) is 30.6. The van der Waals surface area contributed by atoms with Crippen LogP contribution in [0.15, 0.2) is 110 Å². The minimum Gasteiger partial charge on any atom is -0.344 e. The van der Waals surface area contributed by atoms with E-state index in [0.717, 1.165) is 50.0 Å². The average molecular weight is 559 g/mol. The maximum atomic E-state index is 9.96. The number of nitrogens with one attached hydrogen (secondary N) is 1. The van der Waals surface area contributed by atoms with E-state index in [2.05, 4.69) is 45.5 Å². The molecule has 4 aromatic carbocycles. The van der Waals surface area contributed by atoms with Crippen molar-refractivity contribution in [3.63, 3.8) is 0 Å². The van der Waals surface area contributed by atoms with Crippen molar-refractivity contribution in [1.29, 1.82) is 10.5 Å². The van der Waals surface area contributed by atoms with Crippen LogP contribution in [0.4, 0.5) is 0 Å². The first-order chi connectivity index (χ1) is 21.2. The number of rotatable bonds is 8. The molecule has 0 saturated heterocycles. The number of benzene rings is 4. The van der Waals surface area contributed by atoms with Crippen LogP contribution in [-0.2, 0) is 19.5 Å². The molecule has 8 heteroatoms. The Labute approximate surface area is 248 Å². The first-order valence-electron chi connectivity index (χ1n) is 14.1. The molecule has 3 heterocycles. The van der Waals surface area contributed by atoms with E-state index < -0.39 is 0 Å². The van der Waals surface area contributed by atoms with Gasteiger partial charge in [0.2, 0.25) is 0 Å². The van der Waals surface area contributed by atoms with Crippen molar-refractivity contribution in [3.8, 4) is 12.1 Å². The van der Waals surface area contributed by atoms with Gasteiger partial charge in [0.25, 0.3) is 0 Å². The summed E-state index contributed by atoms with van der Waals surface area (Å²) in [4.78, 5) is 8.41. The first kappa shape index (κ1) is 25.9. The Morgan fingerprint density at radius 1 is 0.721 bits per heavy atom. The fourth-order valence-corrected chi connectivity index (χ4v) is 5.65. The van der Waals surface area contributed by atoms with Crippen LogP contribution >= 0.6 is 0 Å². The van der Waals surface area contributed by atoms with Crippen molar-refractivity contribution in [2.24, 2.45) is 0 Å². The lowest BCUT2D eigenvalue weighted by molar-refractivity contribution is 0.689. The Morgan fingerprint density at radius 3 is 2.07 bits per heavy atom. The molecule has 8 nitrogen and oxygen atoms in total. The van der Waals surface area contributed by atoms with Crippen molar-refractivity contribution in [1.82, 2.24) is 29.5 Å². The standard InChI is InChI=1S/C35H26N8/c36-17-25-11-9-24(10-12-25)15-32(35-38-21-31(41-35)23-43-34-8-4-2-6-29(34)20-40-43)26-13-14-27(18-37)30(16-26)22-42-33-7-3-1-5-28(33)19-39-42/h1-14,16,19-21,32H,15,22-23H2,(H,38,41). The lowest BCUT2D eigenvalue weighted by Crippen LogP contribution is -2.10. The molecule has 0 aliphatic rings. The number of imidazole rings is 1. The second-order valence-electron chi connectivity index (χ2n) is 10.6. The van der Waals surface area contributed by atoms with Crippen molar-refractivity contribution >= 4 is 21.8 Å². The quantitative estimate of drug-likeness (QED) is 0.234. The molecule has 206 valence electrons. The zero-order valence-electron chi connectivity index (χ0n) is 23.2. The summed E-state index contributed by atoms with van der Waals surface area (Å²) in [6.45, 7) is 1.04. The maximum absolute atomic E-state index is 9.96. The van der Waals surface area contributed by atoms with Crippen LogP contribution in [0.2, 0.25) is 0 Å². The smallest absolute Gasteiger partial charge is 0.114 e. The highest BCUT2D eigenvalue weighted by Gasteiger charge is 2.21. The zero-order chi connectivity index (χ0) is 29.2. The summed E-state index contributed by atoms with van der Waals surface area (Å²) in [5.41, 5.74) is 7.30. The largest absolute Gasteiger partial charge is 0.344 e. The van der Waals surface area contributed by atoms with Gasteiger partial charge in [-0.15, -0.1) is 0 Å². The lowest BCUT2D eigenvalue weighted by Gasteiger charge is -2.18. The molecule has 1 N–H and O–H groups in total. The number of aromatic nitrogens is 6. The van der Waals surface area contributed by atoms with Gasteiger partial charge >= 0.3 is 0 Å². The Bertz CT molecular complexity index is 2150. The summed E-state index contributed by atoms with van der Waals surface area (Å²) in [7, 11) is 0. The minimum absolute atomic E-state index is 0.114. The van der Waals surface area contributed by atoms with E-state index in [4.69, 9.17) is 4.98 Å². The van der Waals surface area contributed by atoms with E-state index in [9.17, 15) is 10.5 Å². The van der Waals surface area contributed by atoms with E-state index in [1.807, 2.05) is 101 Å². The van der Waals surface area contributed by atoms with Crippen LogP contribution in [0.5, 0.6) is 0 Å². The molecule has 0 fully saturated rings. The molecule has 0 saturated carbocycles. The van der Waals surface area contributed by atoms with Crippen LogP contribution < -0.4 is 0 Å². The van der Waals surface area contributed by atoms with Gasteiger partial charge in [-0.05, 0) is 53.4 Å². The third kappa shape index (κ3) is 5.14. The Hall–Kier alpha value is -5.99. The monoisotopic (exact) mass is 558 g/mol. The molecular formula is C35H26N8. The van der Waals surface area contributed by atoms with Crippen LogP contribution in [-0.4, -0.2) is 29.5 Å². The molecule has 0 spiro atoms. The average Bonchev–Trinajstić information content (AvgIpc) is 3.80. The van der Waals surface area contributed by atoms with Crippen LogP contribution in [0.3, 0.4) is 0 Å². The fraction of sp³-hybridized carbons (Fsp3) is 0.114. The Morgan fingerprint density at radius 2 is 1.40 bits per heavy atom. The van der Waals surface area contributed by atoms with E-state index >= 15 is 0 Å². The van der Waals surface area contributed by atoms with E-state index in [-0.39, 0.29) is 5.92 Å². The number of nitriles is 2. The van der Waals surface area contributed by atoms with Crippen molar-refractivity contribution < 1.29 is 0 Å². The van der Waals surface area contributed by atoms with Gasteiger partial charge in [0.15, 0.2) is 0 Å². The zero-order valence-corrected chi connectivity index (χ0v) is 23.2. The second kappa shape index (κ2) is 11.1. The molecule has 43 heavy (non-hydrogen) atoms. The van der Waals surface area contributed by atoms with Gasteiger partial charge in [-0.3, -0.25) is 9.36 Å². The maximum Gasteiger partial charge on any atom is 0.114 e. The Balaban J connectivity index is 1.25. The molecule has 0 amide bonds. The highest BCUT2D eigenvalue weighted by molar-refractivity contribution is 5.79. The van der Waals surface area contributed by atoms with E-state index in [1.165, 1.54) is 0 Å². The number of hydrogen-bond acceptors (Lipinski definition) is 5. The van der Waals surface area contributed by atoms with Gasteiger partial charge in [0.1, 0.15) is 5.82 Å². The third-order valence-corrected chi connectivity index (χ3v) is 7.90. The van der Waals surface area contributed by atoms with E-state index in [1.54, 1.807) is 0 Å². The number of aromatic amines is 1. The normalized spacial score (nSPS) is 11.9. The molecule has 0 aliphatic carbocycles. The van der Waals surface area contributed by atoms with Gasteiger partial charge in [-0.2, -0.15) is 20.7 Å². The summed E-state index contributed by atoms with van der Waals surface area (Å²) in [6.07, 6.45) is 6.27. The molecule has 0 bridgehead atoms. The third-order valence-electron chi connectivity index (χ3n) is 7.90. The second-order valence-corrected chi connectivity index (χ2v) is 10.6. The van der Waals surface area contributed by atoms with Crippen molar-refractivity contribution in [2.45, 2.75) is 25.4 Å². The SMILES string of the molecule is N#Cc1ccc(CC(c2ccc(C#N)c(Cn3ncc4ccccc43)c2)c2ncc(Cn3ncc4ccccc43)[nH]2)cc1. The summed E-state index contributed by atoms with van der Waals surface area (Å²) >= 11 is 0. The predicted octanol–water partition coefficient (Wildman–Crippen LogP) is 6.32.